The van der Waals surface area contributed by atoms with Crippen LogP contribution in [0.25, 0.3) is 33.2 Å². The molecule has 0 spiro atoms. The topological polar surface area (TPSA) is 128 Å². The number of halogens is 1. The van der Waals surface area contributed by atoms with Crippen LogP contribution in [0.1, 0.15) is 23.3 Å². The summed E-state index contributed by atoms with van der Waals surface area (Å²) in [5, 5.41) is 16.2. The predicted octanol–water partition coefficient (Wildman–Crippen LogP) is 5.69. The Kier molecular flexibility index (Phi) is 6.44. The van der Waals surface area contributed by atoms with Crippen LogP contribution in [0.5, 0.6) is 0 Å². The molecule has 1 fully saturated rings. The second-order valence-electron chi connectivity index (χ2n) is 10.1. The molecule has 1 aliphatic rings. The van der Waals surface area contributed by atoms with Crippen molar-refractivity contribution in [3.63, 3.8) is 0 Å². The number of carbonyl (C=O) groups excluding carboxylic acids is 1. The Morgan fingerprint density at radius 3 is 2.73 bits per heavy atom. The van der Waals surface area contributed by atoms with E-state index in [-0.39, 0.29) is 11.9 Å². The minimum absolute atomic E-state index is 0.0965. The number of piperidine rings is 1. The minimum Gasteiger partial charge on any atom is -0.370 e. The number of aromatic amines is 2. The van der Waals surface area contributed by atoms with E-state index in [1.54, 1.807) is 24.8 Å². The van der Waals surface area contributed by atoms with Crippen molar-refractivity contribution < 1.29 is 4.79 Å². The molecule has 1 saturated heterocycles. The van der Waals surface area contributed by atoms with Crippen LogP contribution in [0.4, 0.5) is 17.2 Å². The number of rotatable bonds is 6. The van der Waals surface area contributed by atoms with Crippen LogP contribution >= 0.6 is 11.6 Å². The van der Waals surface area contributed by atoms with Gasteiger partial charge in [-0.1, -0.05) is 23.7 Å². The van der Waals surface area contributed by atoms with E-state index in [0.29, 0.717) is 22.4 Å². The highest BCUT2D eigenvalue weighted by atomic mass is 35.5. The Bertz CT molecular complexity index is 1870. The number of amides is 1. The van der Waals surface area contributed by atoms with Crippen molar-refractivity contribution >= 4 is 56.5 Å². The highest BCUT2D eigenvalue weighted by Crippen LogP contribution is 2.28. The quantitative estimate of drug-likeness (QED) is 0.205. The average molecular weight is 564 g/mol. The van der Waals surface area contributed by atoms with Crippen LogP contribution in [-0.4, -0.2) is 55.2 Å². The van der Waals surface area contributed by atoms with Crippen LogP contribution in [0.2, 0.25) is 5.02 Å². The van der Waals surface area contributed by atoms with Crippen molar-refractivity contribution in [3.8, 4) is 11.4 Å². The summed E-state index contributed by atoms with van der Waals surface area (Å²) in [6, 6.07) is 17.6. The second kappa shape index (κ2) is 10.5. The van der Waals surface area contributed by atoms with Crippen LogP contribution in [0.3, 0.4) is 0 Å². The molecule has 4 N–H and O–H groups in total. The molecule has 11 heteroatoms. The van der Waals surface area contributed by atoms with E-state index in [1.807, 2.05) is 54.6 Å². The van der Waals surface area contributed by atoms with E-state index < -0.39 is 0 Å². The van der Waals surface area contributed by atoms with Crippen LogP contribution < -0.4 is 15.5 Å². The summed E-state index contributed by atoms with van der Waals surface area (Å²) in [7, 11) is 0. The molecule has 41 heavy (non-hydrogen) atoms. The number of hydrogen-bond donors (Lipinski definition) is 4. The SMILES string of the molecule is O=C(NC1CCN(c2ccncc2Cl)CC1)c1cc2ccc(-c3nccc(Nc4ccc5[nH]ncc5c4)n3)cc2[nH]1. The summed E-state index contributed by atoms with van der Waals surface area (Å²) in [4.78, 5) is 31.9. The number of fused-ring (bicyclic) bond motifs is 2. The summed E-state index contributed by atoms with van der Waals surface area (Å²) in [6.45, 7) is 1.63. The lowest BCUT2D eigenvalue weighted by Crippen LogP contribution is -2.44. The number of benzene rings is 2. The molecule has 10 nitrogen and oxygen atoms in total. The standard InChI is InChI=1S/C30H26ClN9O/c31-23-17-32-9-5-27(23)40-11-7-21(8-12-40)36-30(41)26-14-18-1-2-19(15-25(18)37-26)29-33-10-6-28(38-29)35-22-3-4-24-20(13-22)16-34-39-24/h1-6,9-10,13-17,21,37H,7-8,11-12H2,(H,34,39)(H,36,41)(H,33,35,38). The first-order valence-electron chi connectivity index (χ1n) is 13.4. The lowest BCUT2D eigenvalue weighted by molar-refractivity contribution is 0.0927. The molecular formula is C30H26ClN9O. The Balaban J connectivity index is 1.03. The Morgan fingerprint density at radius 2 is 1.85 bits per heavy atom. The fourth-order valence-corrected chi connectivity index (χ4v) is 5.52. The summed E-state index contributed by atoms with van der Waals surface area (Å²) in [6.07, 6.45) is 8.61. The maximum Gasteiger partial charge on any atom is 0.267 e. The molecule has 2 aromatic carbocycles. The smallest absolute Gasteiger partial charge is 0.267 e. The van der Waals surface area contributed by atoms with Gasteiger partial charge < -0.3 is 20.5 Å². The van der Waals surface area contributed by atoms with Gasteiger partial charge in [-0.25, -0.2) is 9.97 Å². The fourth-order valence-electron chi connectivity index (χ4n) is 5.28. The molecule has 0 unspecified atom stereocenters. The monoisotopic (exact) mass is 563 g/mol. The number of nitrogens with one attached hydrogen (secondary N) is 4. The lowest BCUT2D eigenvalue weighted by Gasteiger charge is -2.34. The minimum atomic E-state index is -0.111. The lowest BCUT2D eigenvalue weighted by atomic mass is 10.0. The molecule has 4 aromatic heterocycles. The van der Waals surface area contributed by atoms with Gasteiger partial charge in [-0.3, -0.25) is 14.9 Å². The summed E-state index contributed by atoms with van der Waals surface area (Å²) in [5.74, 6) is 1.16. The molecule has 0 saturated carbocycles. The maximum atomic E-state index is 13.1. The number of aromatic nitrogens is 6. The van der Waals surface area contributed by atoms with Crippen molar-refractivity contribution in [2.45, 2.75) is 18.9 Å². The van der Waals surface area contributed by atoms with Crippen LogP contribution in [-0.2, 0) is 0 Å². The molecule has 6 aromatic rings. The van der Waals surface area contributed by atoms with Crippen LogP contribution in [0, 0.1) is 0 Å². The largest absolute Gasteiger partial charge is 0.370 e. The van der Waals surface area contributed by atoms with E-state index in [9.17, 15) is 4.79 Å². The van der Waals surface area contributed by atoms with E-state index in [0.717, 1.165) is 64.7 Å². The number of nitrogens with zero attached hydrogens (tertiary/aromatic N) is 5. The first-order chi connectivity index (χ1) is 20.1. The van der Waals surface area contributed by atoms with Gasteiger partial charge in [-0.2, -0.15) is 5.10 Å². The number of pyridine rings is 1. The first kappa shape index (κ1) is 25.0. The van der Waals surface area contributed by atoms with Gasteiger partial charge in [0.25, 0.3) is 5.91 Å². The van der Waals surface area contributed by atoms with Gasteiger partial charge in [0.1, 0.15) is 11.5 Å². The third-order valence-electron chi connectivity index (χ3n) is 7.42. The molecular weight excluding hydrogens is 538 g/mol. The van der Waals surface area contributed by atoms with E-state index in [4.69, 9.17) is 16.6 Å². The van der Waals surface area contributed by atoms with Gasteiger partial charge in [0.05, 0.1) is 22.4 Å². The van der Waals surface area contributed by atoms with Gasteiger partial charge >= 0.3 is 0 Å². The molecule has 0 aliphatic carbocycles. The molecule has 0 atom stereocenters. The first-order valence-corrected chi connectivity index (χ1v) is 13.8. The number of anilines is 3. The molecule has 0 bridgehead atoms. The van der Waals surface area contributed by atoms with Gasteiger partial charge in [-0.05, 0) is 55.3 Å². The van der Waals surface area contributed by atoms with Crippen molar-refractivity contribution in [1.29, 1.82) is 0 Å². The summed E-state index contributed by atoms with van der Waals surface area (Å²) < 4.78 is 0. The molecule has 5 heterocycles. The fraction of sp³-hybridized carbons (Fsp3) is 0.167. The Labute approximate surface area is 240 Å². The highest BCUT2D eigenvalue weighted by Gasteiger charge is 2.23. The Hall–Kier alpha value is -4.96. The molecule has 7 rings (SSSR count). The van der Waals surface area contributed by atoms with Gasteiger partial charge in [-0.15, -0.1) is 0 Å². The number of H-pyrrole nitrogens is 2. The van der Waals surface area contributed by atoms with Gasteiger partial charge in [0.15, 0.2) is 5.82 Å². The van der Waals surface area contributed by atoms with E-state index in [2.05, 4.69) is 40.7 Å². The number of hydrogen-bond acceptors (Lipinski definition) is 7. The van der Waals surface area contributed by atoms with E-state index in [1.165, 1.54) is 0 Å². The molecule has 1 amide bonds. The van der Waals surface area contributed by atoms with Crippen molar-refractivity contribution in [2.24, 2.45) is 0 Å². The van der Waals surface area contributed by atoms with Gasteiger partial charge in [0.2, 0.25) is 0 Å². The number of carbonyl (C=O) groups is 1. The zero-order valence-electron chi connectivity index (χ0n) is 21.9. The second-order valence-corrected chi connectivity index (χ2v) is 10.5. The third-order valence-corrected chi connectivity index (χ3v) is 7.71. The Morgan fingerprint density at radius 1 is 0.951 bits per heavy atom. The van der Waals surface area contributed by atoms with Gasteiger partial charge in [0, 0.05) is 65.3 Å². The highest BCUT2D eigenvalue weighted by molar-refractivity contribution is 6.33. The van der Waals surface area contributed by atoms with Crippen molar-refractivity contribution in [3.05, 3.63) is 90.1 Å². The van der Waals surface area contributed by atoms with Crippen molar-refractivity contribution in [1.82, 2.24) is 35.5 Å². The zero-order chi connectivity index (χ0) is 27.8. The molecule has 1 aliphatic heterocycles. The zero-order valence-corrected chi connectivity index (χ0v) is 22.7. The molecule has 0 radical (unpaired) electrons. The normalized spacial score (nSPS) is 14.0. The maximum absolute atomic E-state index is 13.1. The summed E-state index contributed by atoms with van der Waals surface area (Å²) in [5.41, 5.74) is 5.10. The summed E-state index contributed by atoms with van der Waals surface area (Å²) >= 11 is 6.31. The van der Waals surface area contributed by atoms with Crippen LogP contribution in [0.15, 0.2) is 79.4 Å². The third kappa shape index (κ3) is 5.17. The molecule has 204 valence electrons. The van der Waals surface area contributed by atoms with Crippen molar-refractivity contribution in [2.75, 3.05) is 23.3 Å². The predicted molar refractivity (Wildman–Crippen MR) is 161 cm³/mol. The average Bonchev–Trinajstić information content (AvgIpc) is 3.65. The van der Waals surface area contributed by atoms with E-state index >= 15 is 0 Å².